The summed E-state index contributed by atoms with van der Waals surface area (Å²) in [5.74, 6) is 0.950. The lowest BCUT2D eigenvalue weighted by atomic mass is 10.2. The van der Waals surface area contributed by atoms with Gasteiger partial charge in [-0.05, 0) is 46.2 Å². The van der Waals surface area contributed by atoms with Crippen molar-refractivity contribution in [3.63, 3.8) is 0 Å². The molecule has 1 aliphatic heterocycles. The van der Waals surface area contributed by atoms with Crippen LogP contribution in [0.1, 0.15) is 43.8 Å². The van der Waals surface area contributed by atoms with Crippen molar-refractivity contribution in [3.05, 3.63) is 16.1 Å². The third-order valence-corrected chi connectivity index (χ3v) is 5.26. The third kappa shape index (κ3) is 7.23. The molecule has 0 spiro atoms. The van der Waals surface area contributed by atoms with E-state index in [9.17, 15) is 0 Å². The normalized spacial score (nSPS) is 18.5. The van der Waals surface area contributed by atoms with Crippen molar-refractivity contribution in [1.82, 2.24) is 20.5 Å². The molecule has 7 heteroatoms. The Morgan fingerprint density at radius 1 is 1.42 bits per heavy atom. The Hall–Kier alpha value is -0.410. The summed E-state index contributed by atoms with van der Waals surface area (Å²) in [7, 11) is 0. The number of guanidine groups is 1. The molecule has 0 saturated carbocycles. The van der Waals surface area contributed by atoms with E-state index in [0.717, 1.165) is 50.7 Å². The highest BCUT2D eigenvalue weighted by atomic mass is 127. The van der Waals surface area contributed by atoms with Gasteiger partial charge in [0.1, 0.15) is 0 Å². The van der Waals surface area contributed by atoms with Gasteiger partial charge in [-0.25, -0.2) is 4.98 Å². The smallest absolute Gasteiger partial charge is 0.191 e. The van der Waals surface area contributed by atoms with Crippen molar-refractivity contribution in [1.29, 1.82) is 0 Å². The Bertz CT molecular complexity index is 491. The zero-order valence-corrected chi connectivity index (χ0v) is 18.3. The first-order valence-corrected chi connectivity index (χ1v) is 9.78. The number of aryl methyl sites for hydroxylation is 2. The maximum atomic E-state index is 4.78. The first-order chi connectivity index (χ1) is 11.2. The monoisotopic (exact) mass is 465 g/mol. The fraction of sp³-hybridized carbons (Fsp3) is 0.765. The summed E-state index contributed by atoms with van der Waals surface area (Å²) in [5.41, 5.74) is 1.13. The van der Waals surface area contributed by atoms with Crippen LogP contribution in [-0.2, 0) is 6.42 Å². The van der Waals surface area contributed by atoms with Crippen molar-refractivity contribution in [2.75, 3.05) is 32.7 Å². The largest absolute Gasteiger partial charge is 0.357 e. The van der Waals surface area contributed by atoms with Crippen LogP contribution in [0.3, 0.4) is 0 Å². The first kappa shape index (κ1) is 21.6. The summed E-state index contributed by atoms with van der Waals surface area (Å²) >= 11 is 1.76. The number of likely N-dealkylation sites (N-methyl/N-ethyl adjacent to an activating group) is 1. The number of aliphatic imine (C=N–C) groups is 1. The van der Waals surface area contributed by atoms with Crippen LogP contribution in [0.15, 0.2) is 10.4 Å². The summed E-state index contributed by atoms with van der Waals surface area (Å²) < 4.78 is 0. The molecule has 2 heterocycles. The molecule has 1 saturated heterocycles. The van der Waals surface area contributed by atoms with Gasteiger partial charge in [-0.1, -0.05) is 6.92 Å². The van der Waals surface area contributed by atoms with Crippen LogP contribution in [0.5, 0.6) is 0 Å². The standard InChI is InChI=1S/C17H31N5S.HI/c1-4-18-17(20-12-15-8-7-11-22(15)5-2)19-10-6-9-16-21-14(3)13-23-16;/h13,15H,4-12H2,1-3H3,(H2,18,19,20);1H. The zero-order chi connectivity index (χ0) is 16.5. The van der Waals surface area contributed by atoms with E-state index in [-0.39, 0.29) is 24.0 Å². The minimum atomic E-state index is 0. The molecule has 1 aromatic rings. The summed E-state index contributed by atoms with van der Waals surface area (Å²) in [6.45, 7) is 11.5. The quantitative estimate of drug-likeness (QED) is 0.268. The predicted octanol–water partition coefficient (Wildman–Crippen LogP) is 3.04. The molecule has 0 bridgehead atoms. The fourth-order valence-electron chi connectivity index (χ4n) is 3.02. The van der Waals surface area contributed by atoms with Gasteiger partial charge in [-0.3, -0.25) is 9.89 Å². The molecule has 2 N–H and O–H groups in total. The Labute approximate surface area is 167 Å². The van der Waals surface area contributed by atoms with Crippen LogP contribution < -0.4 is 10.6 Å². The molecule has 0 amide bonds. The average Bonchev–Trinajstić information content (AvgIpc) is 3.17. The molecular weight excluding hydrogens is 433 g/mol. The summed E-state index contributed by atoms with van der Waals surface area (Å²) in [6, 6.07) is 0.619. The minimum absolute atomic E-state index is 0. The van der Waals surface area contributed by atoms with E-state index in [2.05, 4.69) is 46.7 Å². The van der Waals surface area contributed by atoms with Gasteiger partial charge in [-0.2, -0.15) is 0 Å². The molecule has 0 radical (unpaired) electrons. The highest BCUT2D eigenvalue weighted by Crippen LogP contribution is 2.16. The second kappa shape index (κ2) is 12.0. The molecule has 0 aromatic carbocycles. The molecule has 1 aromatic heterocycles. The summed E-state index contributed by atoms with van der Waals surface area (Å²) in [5, 5.41) is 10.2. The van der Waals surface area contributed by atoms with Crippen molar-refractivity contribution >= 4 is 41.3 Å². The lowest BCUT2D eigenvalue weighted by Gasteiger charge is -2.21. The summed E-state index contributed by atoms with van der Waals surface area (Å²) in [4.78, 5) is 11.8. The predicted molar refractivity (Wildman–Crippen MR) is 115 cm³/mol. The molecular formula is C17H32IN5S. The number of hydrogen-bond acceptors (Lipinski definition) is 4. The van der Waals surface area contributed by atoms with E-state index in [0.29, 0.717) is 6.04 Å². The molecule has 1 fully saturated rings. The molecule has 1 atom stereocenters. The average molecular weight is 465 g/mol. The molecule has 2 rings (SSSR count). The van der Waals surface area contributed by atoms with Crippen molar-refractivity contribution in [2.24, 2.45) is 4.99 Å². The van der Waals surface area contributed by atoms with Gasteiger partial charge in [0.15, 0.2) is 5.96 Å². The first-order valence-electron chi connectivity index (χ1n) is 8.90. The fourth-order valence-corrected chi connectivity index (χ4v) is 3.84. The lowest BCUT2D eigenvalue weighted by Crippen LogP contribution is -2.39. The number of thiazole rings is 1. The Morgan fingerprint density at radius 3 is 2.92 bits per heavy atom. The minimum Gasteiger partial charge on any atom is -0.357 e. The van der Waals surface area contributed by atoms with Gasteiger partial charge in [-0.15, -0.1) is 35.3 Å². The van der Waals surface area contributed by atoms with Crippen molar-refractivity contribution in [3.8, 4) is 0 Å². The molecule has 1 aliphatic rings. The molecule has 5 nitrogen and oxygen atoms in total. The summed E-state index contributed by atoms with van der Waals surface area (Å²) in [6.07, 6.45) is 4.71. The zero-order valence-electron chi connectivity index (χ0n) is 15.2. The van der Waals surface area contributed by atoms with Crippen molar-refractivity contribution in [2.45, 2.75) is 52.5 Å². The van der Waals surface area contributed by atoms with E-state index < -0.39 is 0 Å². The van der Waals surface area contributed by atoms with Crippen LogP contribution >= 0.6 is 35.3 Å². The van der Waals surface area contributed by atoms with E-state index >= 15 is 0 Å². The van der Waals surface area contributed by atoms with E-state index in [1.807, 2.05) is 0 Å². The van der Waals surface area contributed by atoms with Gasteiger partial charge in [0, 0.05) is 36.6 Å². The highest BCUT2D eigenvalue weighted by Gasteiger charge is 2.22. The Morgan fingerprint density at radius 2 is 2.25 bits per heavy atom. The van der Waals surface area contributed by atoms with Crippen LogP contribution in [0.25, 0.3) is 0 Å². The third-order valence-electron chi connectivity index (χ3n) is 4.24. The van der Waals surface area contributed by atoms with Gasteiger partial charge >= 0.3 is 0 Å². The second-order valence-electron chi connectivity index (χ2n) is 6.06. The Balaban J connectivity index is 0.00000288. The maximum absolute atomic E-state index is 4.78. The molecule has 138 valence electrons. The lowest BCUT2D eigenvalue weighted by molar-refractivity contribution is 0.273. The van der Waals surface area contributed by atoms with Gasteiger partial charge in [0.25, 0.3) is 0 Å². The number of likely N-dealkylation sites (tertiary alicyclic amines) is 1. The van der Waals surface area contributed by atoms with Crippen LogP contribution in [-0.4, -0.2) is 54.6 Å². The topological polar surface area (TPSA) is 52.6 Å². The van der Waals surface area contributed by atoms with Crippen LogP contribution in [0.4, 0.5) is 0 Å². The number of nitrogens with zero attached hydrogens (tertiary/aromatic N) is 3. The molecule has 24 heavy (non-hydrogen) atoms. The van der Waals surface area contributed by atoms with Crippen LogP contribution in [0, 0.1) is 6.92 Å². The van der Waals surface area contributed by atoms with Crippen LogP contribution in [0.2, 0.25) is 0 Å². The van der Waals surface area contributed by atoms with Gasteiger partial charge < -0.3 is 10.6 Å². The molecule has 1 unspecified atom stereocenters. The highest BCUT2D eigenvalue weighted by molar-refractivity contribution is 14.0. The van der Waals surface area contributed by atoms with E-state index in [1.165, 1.54) is 24.4 Å². The SMILES string of the molecule is CCNC(=NCC1CCCN1CC)NCCCc1nc(C)cs1.I. The number of rotatable bonds is 8. The maximum Gasteiger partial charge on any atom is 0.191 e. The number of halogens is 1. The number of nitrogens with one attached hydrogen (secondary N) is 2. The van der Waals surface area contributed by atoms with E-state index in [1.54, 1.807) is 11.3 Å². The Kier molecular flexibility index (Phi) is 10.8. The van der Waals surface area contributed by atoms with Gasteiger partial charge in [0.2, 0.25) is 0 Å². The molecule has 0 aliphatic carbocycles. The number of aromatic nitrogens is 1. The van der Waals surface area contributed by atoms with E-state index in [4.69, 9.17) is 4.99 Å². The van der Waals surface area contributed by atoms with Gasteiger partial charge in [0.05, 0.1) is 11.6 Å². The second-order valence-corrected chi connectivity index (χ2v) is 7.00. The number of hydrogen-bond donors (Lipinski definition) is 2. The van der Waals surface area contributed by atoms with Crippen molar-refractivity contribution < 1.29 is 0 Å².